The van der Waals surface area contributed by atoms with Crippen LogP contribution in [-0.4, -0.2) is 56.2 Å². The number of nitrogens with zero attached hydrogens (tertiary/aromatic N) is 5. The molecule has 8 nitrogen and oxygen atoms in total. The van der Waals surface area contributed by atoms with Gasteiger partial charge in [0.1, 0.15) is 5.82 Å². The monoisotopic (exact) mass is 441 g/mol. The van der Waals surface area contributed by atoms with Crippen molar-refractivity contribution in [2.45, 2.75) is 13.8 Å². The molecule has 1 amide bonds. The highest BCUT2D eigenvalue weighted by Gasteiger charge is 2.26. The van der Waals surface area contributed by atoms with Gasteiger partial charge in [0.15, 0.2) is 0 Å². The second-order valence-electron chi connectivity index (χ2n) is 7.79. The number of rotatable bonds is 3. The van der Waals surface area contributed by atoms with E-state index in [1.165, 1.54) is 17.8 Å². The molecule has 1 aliphatic rings. The largest absolute Gasteiger partial charge is 0.493 e. The number of pyridine rings is 1. The number of hydrogen-bond acceptors (Lipinski definition) is 5. The maximum absolute atomic E-state index is 13.3. The summed E-state index contributed by atoms with van der Waals surface area (Å²) in [6, 6.07) is 6.91. The minimum Gasteiger partial charge on any atom is -0.493 e. The lowest BCUT2D eigenvalue weighted by Crippen LogP contribution is -2.49. The van der Waals surface area contributed by atoms with E-state index in [1.54, 1.807) is 23.1 Å². The van der Waals surface area contributed by atoms with Crippen molar-refractivity contribution in [2.24, 2.45) is 7.05 Å². The highest BCUT2D eigenvalue weighted by atomic mass is 35.5. The summed E-state index contributed by atoms with van der Waals surface area (Å²) < 4.78 is 2.34. The van der Waals surface area contributed by atoms with Gasteiger partial charge in [0.2, 0.25) is 5.88 Å². The van der Waals surface area contributed by atoms with Gasteiger partial charge >= 0.3 is 5.69 Å². The Morgan fingerprint density at radius 1 is 1.13 bits per heavy atom. The highest BCUT2D eigenvalue weighted by Crippen LogP contribution is 2.24. The van der Waals surface area contributed by atoms with Crippen LogP contribution in [0.2, 0.25) is 5.02 Å². The predicted octanol–water partition coefficient (Wildman–Crippen LogP) is 2.51. The third kappa shape index (κ3) is 3.90. The maximum atomic E-state index is 13.3. The summed E-state index contributed by atoms with van der Waals surface area (Å²) in [6.07, 6.45) is 3.14. The molecule has 0 bridgehead atoms. The summed E-state index contributed by atoms with van der Waals surface area (Å²) in [5, 5.41) is 10.3. The van der Waals surface area contributed by atoms with Crippen molar-refractivity contribution in [3.05, 3.63) is 68.9 Å². The number of halogens is 1. The van der Waals surface area contributed by atoms with Crippen LogP contribution in [-0.2, 0) is 7.05 Å². The number of aromatic hydroxyl groups is 1. The molecule has 0 unspecified atom stereocenters. The Morgan fingerprint density at radius 2 is 1.84 bits per heavy atom. The summed E-state index contributed by atoms with van der Waals surface area (Å²) >= 11 is 6.15. The second-order valence-corrected chi connectivity index (χ2v) is 8.23. The van der Waals surface area contributed by atoms with Gasteiger partial charge in [0, 0.05) is 44.4 Å². The van der Waals surface area contributed by atoms with Gasteiger partial charge in [-0.1, -0.05) is 17.7 Å². The molecule has 162 valence electrons. The van der Waals surface area contributed by atoms with Crippen molar-refractivity contribution in [2.75, 3.05) is 31.1 Å². The van der Waals surface area contributed by atoms with Gasteiger partial charge in [-0.3, -0.25) is 13.9 Å². The quantitative estimate of drug-likeness (QED) is 0.675. The third-order valence-corrected chi connectivity index (χ3v) is 5.82. The van der Waals surface area contributed by atoms with Crippen molar-refractivity contribution in [3.8, 4) is 11.6 Å². The number of aromatic nitrogens is 3. The fourth-order valence-corrected chi connectivity index (χ4v) is 4.07. The summed E-state index contributed by atoms with van der Waals surface area (Å²) in [5.41, 5.74) is 2.47. The Labute approximate surface area is 184 Å². The zero-order valence-corrected chi connectivity index (χ0v) is 18.4. The topological polar surface area (TPSA) is 83.6 Å². The highest BCUT2D eigenvalue weighted by molar-refractivity contribution is 6.31. The molecule has 1 fully saturated rings. The first-order valence-electron chi connectivity index (χ1n) is 10.0. The molecule has 9 heteroatoms. The summed E-state index contributed by atoms with van der Waals surface area (Å²) in [6.45, 7) is 6.45. The number of benzene rings is 1. The van der Waals surface area contributed by atoms with Gasteiger partial charge in [-0.15, -0.1) is 0 Å². The number of anilines is 1. The number of aryl methyl sites for hydroxylation is 2. The first-order chi connectivity index (χ1) is 14.8. The summed E-state index contributed by atoms with van der Waals surface area (Å²) in [5.74, 6) is 0.560. The number of hydrogen-bond donors (Lipinski definition) is 1. The van der Waals surface area contributed by atoms with E-state index in [0.29, 0.717) is 42.5 Å². The van der Waals surface area contributed by atoms with E-state index in [0.717, 1.165) is 21.5 Å². The SMILES string of the molecule is Cc1cnc(N2CCN(C(=O)c3ccc(Cl)cc3-n3cc(O)n(C)c3=O)CC2)c(C)c1. The molecule has 0 saturated carbocycles. The van der Waals surface area contributed by atoms with E-state index in [2.05, 4.69) is 16.0 Å². The number of carbonyl (C=O) groups is 1. The van der Waals surface area contributed by atoms with Gasteiger partial charge < -0.3 is 14.9 Å². The summed E-state index contributed by atoms with van der Waals surface area (Å²) in [7, 11) is 1.46. The Kier molecular flexibility index (Phi) is 5.49. The van der Waals surface area contributed by atoms with Gasteiger partial charge in [-0.2, -0.15) is 0 Å². The molecule has 0 radical (unpaired) electrons. The van der Waals surface area contributed by atoms with Crippen molar-refractivity contribution in [3.63, 3.8) is 0 Å². The fraction of sp³-hybridized carbons (Fsp3) is 0.318. The zero-order chi connectivity index (χ0) is 22.3. The first-order valence-corrected chi connectivity index (χ1v) is 10.4. The number of piperazine rings is 1. The van der Waals surface area contributed by atoms with E-state index in [4.69, 9.17) is 11.6 Å². The molecule has 1 aliphatic heterocycles. The van der Waals surface area contributed by atoms with E-state index >= 15 is 0 Å². The molecule has 4 rings (SSSR count). The zero-order valence-electron chi connectivity index (χ0n) is 17.7. The van der Waals surface area contributed by atoms with Crippen LogP contribution in [0, 0.1) is 13.8 Å². The molecule has 1 N–H and O–H groups in total. The number of imidazole rings is 1. The lowest BCUT2D eigenvalue weighted by atomic mass is 10.1. The molecular weight excluding hydrogens is 418 g/mol. The minimum absolute atomic E-state index is 0.185. The van der Waals surface area contributed by atoms with Crippen LogP contribution in [0.5, 0.6) is 5.88 Å². The van der Waals surface area contributed by atoms with Crippen molar-refractivity contribution < 1.29 is 9.90 Å². The molecule has 0 aliphatic carbocycles. The van der Waals surface area contributed by atoms with Crippen LogP contribution in [0.15, 0.2) is 41.5 Å². The van der Waals surface area contributed by atoms with Crippen LogP contribution >= 0.6 is 11.6 Å². The van der Waals surface area contributed by atoms with E-state index in [1.807, 2.05) is 20.0 Å². The van der Waals surface area contributed by atoms with Gasteiger partial charge in [0.25, 0.3) is 5.91 Å². The second kappa shape index (κ2) is 8.11. The van der Waals surface area contributed by atoms with Gasteiger partial charge in [-0.05, 0) is 43.2 Å². The van der Waals surface area contributed by atoms with Crippen molar-refractivity contribution >= 4 is 23.3 Å². The predicted molar refractivity (Wildman–Crippen MR) is 120 cm³/mol. The van der Waals surface area contributed by atoms with E-state index in [9.17, 15) is 14.7 Å². The van der Waals surface area contributed by atoms with Gasteiger partial charge in [-0.25, -0.2) is 9.78 Å². The average Bonchev–Trinajstić information content (AvgIpc) is 3.00. The smallest absolute Gasteiger partial charge is 0.335 e. The average molecular weight is 442 g/mol. The van der Waals surface area contributed by atoms with Crippen molar-refractivity contribution in [1.29, 1.82) is 0 Å². The standard InChI is InChI=1S/C22H24ClN5O3/c1-14-10-15(2)20(24-12-14)26-6-8-27(9-7-26)21(30)17-5-4-16(23)11-18(17)28-13-19(29)25(3)22(28)31/h4-5,10-13,29H,6-9H2,1-3H3. The molecule has 31 heavy (non-hydrogen) atoms. The molecule has 0 spiro atoms. The lowest BCUT2D eigenvalue weighted by Gasteiger charge is -2.36. The molecule has 2 aromatic heterocycles. The first kappa shape index (κ1) is 21.0. The van der Waals surface area contributed by atoms with Crippen molar-refractivity contribution in [1.82, 2.24) is 19.0 Å². The molecule has 1 aromatic carbocycles. The number of carbonyl (C=O) groups excluding carboxylic acids is 1. The van der Waals surface area contributed by atoms with Crippen LogP contribution in [0.4, 0.5) is 5.82 Å². The Balaban J connectivity index is 1.58. The molecule has 3 aromatic rings. The van der Waals surface area contributed by atoms with Crippen LogP contribution < -0.4 is 10.6 Å². The van der Waals surface area contributed by atoms with Crippen LogP contribution in [0.1, 0.15) is 21.5 Å². The molecular formula is C22H24ClN5O3. The molecule has 3 heterocycles. The third-order valence-electron chi connectivity index (χ3n) is 5.58. The minimum atomic E-state index is -0.459. The normalized spacial score (nSPS) is 14.2. The summed E-state index contributed by atoms with van der Waals surface area (Å²) in [4.78, 5) is 34.3. The van der Waals surface area contributed by atoms with E-state index < -0.39 is 5.69 Å². The van der Waals surface area contributed by atoms with Crippen LogP contribution in [0.25, 0.3) is 5.69 Å². The molecule has 0 atom stereocenters. The Morgan fingerprint density at radius 3 is 2.45 bits per heavy atom. The maximum Gasteiger partial charge on any atom is 0.335 e. The number of amides is 1. The van der Waals surface area contributed by atoms with Gasteiger partial charge in [0.05, 0.1) is 17.4 Å². The van der Waals surface area contributed by atoms with Crippen LogP contribution in [0.3, 0.4) is 0 Å². The Bertz CT molecular complexity index is 1210. The van der Waals surface area contributed by atoms with E-state index in [-0.39, 0.29) is 11.8 Å². The Hall–Kier alpha value is -3.26. The molecule has 1 saturated heterocycles. The lowest BCUT2D eigenvalue weighted by molar-refractivity contribution is 0.0746. The fourth-order valence-electron chi connectivity index (χ4n) is 3.91.